The molecule has 1 aromatic carbocycles. The number of halogens is 3. The number of nitrogens with zero attached hydrogens (tertiary/aromatic N) is 2. The van der Waals surface area contributed by atoms with Crippen LogP contribution in [0.3, 0.4) is 0 Å². The molecule has 0 radical (unpaired) electrons. The Labute approximate surface area is 178 Å². The normalized spacial score (nSPS) is 13.9. The number of aromatic nitrogens is 2. The van der Waals surface area contributed by atoms with Crippen LogP contribution in [0.25, 0.3) is 0 Å². The molecule has 0 spiro atoms. The fourth-order valence-electron chi connectivity index (χ4n) is 5.39. The summed E-state index contributed by atoms with van der Waals surface area (Å²) < 4.78 is 40.2. The Balaban J connectivity index is 2.67. The minimum Gasteiger partial charge on any atom is -0.294 e. The highest BCUT2D eigenvalue weighted by molar-refractivity contribution is 6.84. The number of carbonyl (C=O) groups is 1. The number of hydrogen-bond donors (Lipinski definition) is 0. The second-order valence-electron chi connectivity index (χ2n) is 8.84. The molecule has 2 aromatic rings. The lowest BCUT2D eigenvalue weighted by molar-refractivity contribution is -0.141. The van der Waals surface area contributed by atoms with Crippen LogP contribution in [-0.2, 0) is 6.18 Å². The molecule has 0 saturated heterocycles. The van der Waals surface area contributed by atoms with Crippen molar-refractivity contribution in [2.24, 2.45) is 0 Å². The van der Waals surface area contributed by atoms with Crippen molar-refractivity contribution in [1.82, 2.24) is 9.97 Å². The molecule has 3 nitrogen and oxygen atoms in total. The first-order valence-electron chi connectivity index (χ1n) is 10.4. The lowest BCUT2D eigenvalue weighted by Gasteiger charge is -2.48. The Bertz CT molecular complexity index is 829. The molecule has 1 unspecified atom stereocenters. The minimum atomic E-state index is -4.55. The number of carbonyl (C=O) groups excluding carboxylic acids is 1. The summed E-state index contributed by atoms with van der Waals surface area (Å²) in [5.74, 6) is -0.0633. The van der Waals surface area contributed by atoms with E-state index in [0.29, 0.717) is 11.3 Å². The molecule has 2 rings (SSSR count). The lowest BCUT2D eigenvalue weighted by Crippen LogP contribution is -2.51. The maximum absolute atomic E-state index is 13.4. The molecule has 0 aliphatic carbocycles. The predicted molar refractivity (Wildman–Crippen MR) is 116 cm³/mol. The first-order chi connectivity index (χ1) is 13.9. The van der Waals surface area contributed by atoms with E-state index in [1.54, 1.807) is 24.3 Å². The Morgan fingerprint density at radius 3 is 1.93 bits per heavy atom. The van der Waals surface area contributed by atoms with Gasteiger partial charge in [0.2, 0.25) is 0 Å². The van der Waals surface area contributed by atoms with Crippen molar-refractivity contribution in [1.29, 1.82) is 0 Å². The lowest BCUT2D eigenvalue weighted by atomic mass is 10.0. The first kappa shape index (κ1) is 24.2. The van der Waals surface area contributed by atoms with Gasteiger partial charge in [-0.15, -0.1) is 0 Å². The second-order valence-corrected chi connectivity index (χ2v) is 15.0. The topological polar surface area (TPSA) is 42.9 Å². The van der Waals surface area contributed by atoms with E-state index in [1.165, 1.54) is 0 Å². The van der Waals surface area contributed by atoms with E-state index in [9.17, 15) is 18.0 Å². The van der Waals surface area contributed by atoms with E-state index >= 15 is 0 Å². The van der Waals surface area contributed by atoms with E-state index in [1.807, 2.05) is 6.07 Å². The Morgan fingerprint density at radius 1 is 0.933 bits per heavy atom. The summed E-state index contributed by atoms with van der Waals surface area (Å²) in [6.07, 6.45) is -3.42. The fraction of sp³-hybridized carbons (Fsp3) is 0.522. The molecule has 7 heteroatoms. The Morgan fingerprint density at radius 2 is 1.47 bits per heavy atom. The van der Waals surface area contributed by atoms with Crippen molar-refractivity contribution in [3.63, 3.8) is 0 Å². The molecule has 0 aliphatic rings. The highest BCUT2D eigenvalue weighted by atomic mass is 28.3. The van der Waals surface area contributed by atoms with Crippen molar-refractivity contribution in [2.75, 3.05) is 0 Å². The van der Waals surface area contributed by atoms with Crippen LogP contribution in [0.4, 0.5) is 13.2 Å². The average Bonchev–Trinajstić information content (AvgIpc) is 2.67. The zero-order chi connectivity index (χ0) is 22.7. The van der Waals surface area contributed by atoms with Crippen LogP contribution < -0.4 is 0 Å². The largest absolute Gasteiger partial charge is 0.433 e. The van der Waals surface area contributed by atoms with Gasteiger partial charge in [-0.25, -0.2) is 9.97 Å². The molecular formula is C23H31F3N2OSi. The molecule has 0 fully saturated rings. The molecular weight excluding hydrogens is 405 g/mol. The summed E-state index contributed by atoms with van der Waals surface area (Å²) >= 11 is 0. The number of benzene rings is 1. The van der Waals surface area contributed by atoms with Gasteiger partial charge < -0.3 is 0 Å². The van der Waals surface area contributed by atoms with Gasteiger partial charge >= 0.3 is 6.18 Å². The first-order valence-corrected chi connectivity index (χ1v) is 12.7. The quantitative estimate of drug-likeness (QED) is 0.328. The van der Waals surface area contributed by atoms with E-state index in [0.717, 1.165) is 12.4 Å². The van der Waals surface area contributed by atoms with Crippen molar-refractivity contribution in [3.05, 3.63) is 59.7 Å². The van der Waals surface area contributed by atoms with Gasteiger partial charge in [0.15, 0.2) is 5.78 Å². The van der Waals surface area contributed by atoms with Gasteiger partial charge in [-0.2, -0.15) is 13.2 Å². The van der Waals surface area contributed by atoms with Crippen LogP contribution in [0.1, 0.15) is 75.3 Å². The number of rotatable bonds is 8. The Kier molecular flexibility index (Phi) is 7.61. The maximum Gasteiger partial charge on any atom is 0.433 e. The Hall–Kier alpha value is -2.02. The van der Waals surface area contributed by atoms with Crippen LogP contribution >= 0.6 is 0 Å². The average molecular weight is 437 g/mol. The summed E-state index contributed by atoms with van der Waals surface area (Å²) in [5.41, 5.74) is 0.399. The summed E-state index contributed by atoms with van der Waals surface area (Å²) in [5, 5.41) is 0. The third-order valence-corrected chi connectivity index (χ3v) is 14.1. The minimum absolute atomic E-state index is 0.0633. The number of alkyl halides is 3. The molecule has 0 aliphatic heterocycles. The molecule has 0 saturated carbocycles. The van der Waals surface area contributed by atoms with E-state index < -0.39 is 19.9 Å². The van der Waals surface area contributed by atoms with Crippen molar-refractivity contribution < 1.29 is 18.0 Å². The van der Waals surface area contributed by atoms with E-state index in [-0.39, 0.29) is 34.4 Å². The van der Waals surface area contributed by atoms with Crippen LogP contribution in [0, 0.1) is 0 Å². The van der Waals surface area contributed by atoms with Crippen molar-refractivity contribution >= 4 is 13.9 Å². The third-order valence-electron chi connectivity index (χ3n) is 6.42. The standard InChI is InChI=1S/C23H31F3N2OSi/c1-15(2)30(16(3)4,17(5)6)21(13-20(29)18-10-8-7-9-11-18)19-12-22(23(24,25)26)28-14-27-19/h7-12,14-17,21H,13H2,1-6H3. The van der Waals surface area contributed by atoms with Gasteiger partial charge in [-0.1, -0.05) is 88.5 Å². The van der Waals surface area contributed by atoms with Crippen molar-refractivity contribution in [3.8, 4) is 0 Å². The van der Waals surface area contributed by atoms with Gasteiger partial charge in [0.25, 0.3) is 0 Å². The van der Waals surface area contributed by atoms with Gasteiger partial charge in [0, 0.05) is 23.2 Å². The molecule has 164 valence electrons. The molecule has 0 amide bonds. The maximum atomic E-state index is 13.4. The SMILES string of the molecule is CC(C)[Si](C(C)C)(C(C)C)C(CC(=O)c1ccccc1)c1cc(C(F)(F)F)ncn1. The summed E-state index contributed by atoms with van der Waals surface area (Å²) in [6, 6.07) is 9.99. The molecule has 1 aromatic heterocycles. The number of ketones is 1. The second kappa shape index (κ2) is 9.41. The molecule has 1 atom stereocenters. The van der Waals surface area contributed by atoms with Gasteiger partial charge in [0.1, 0.15) is 12.0 Å². The van der Waals surface area contributed by atoms with Crippen LogP contribution in [0.5, 0.6) is 0 Å². The van der Waals surface area contributed by atoms with Crippen LogP contribution in [0.15, 0.2) is 42.7 Å². The van der Waals surface area contributed by atoms with E-state index in [2.05, 4.69) is 51.5 Å². The van der Waals surface area contributed by atoms with Crippen LogP contribution in [0.2, 0.25) is 16.6 Å². The molecule has 0 bridgehead atoms. The van der Waals surface area contributed by atoms with Crippen molar-refractivity contribution in [2.45, 2.75) is 76.3 Å². The van der Waals surface area contributed by atoms with Gasteiger partial charge in [-0.05, 0) is 6.07 Å². The summed E-state index contributed by atoms with van der Waals surface area (Å²) in [4.78, 5) is 20.9. The third kappa shape index (κ3) is 4.82. The van der Waals surface area contributed by atoms with Crippen LogP contribution in [-0.4, -0.2) is 23.8 Å². The van der Waals surface area contributed by atoms with Gasteiger partial charge in [-0.3, -0.25) is 4.79 Å². The summed E-state index contributed by atoms with van der Waals surface area (Å²) in [7, 11) is -2.35. The highest BCUT2D eigenvalue weighted by Gasteiger charge is 2.51. The summed E-state index contributed by atoms with van der Waals surface area (Å²) in [6.45, 7) is 12.8. The monoisotopic (exact) mass is 436 g/mol. The zero-order valence-corrected chi connectivity index (χ0v) is 19.5. The number of Topliss-reactive ketones (excluding diaryl/α,β-unsaturated/α-hetero) is 1. The molecule has 0 N–H and O–H groups in total. The predicted octanol–water partition coefficient (Wildman–Crippen LogP) is 7.07. The molecule has 1 heterocycles. The van der Waals surface area contributed by atoms with Gasteiger partial charge in [0.05, 0.1) is 8.07 Å². The zero-order valence-electron chi connectivity index (χ0n) is 18.5. The van der Waals surface area contributed by atoms with E-state index in [4.69, 9.17) is 0 Å². The smallest absolute Gasteiger partial charge is 0.294 e. The molecule has 30 heavy (non-hydrogen) atoms. The number of hydrogen-bond acceptors (Lipinski definition) is 3. The fourth-order valence-corrected chi connectivity index (χ4v) is 13.0. The highest BCUT2D eigenvalue weighted by Crippen LogP contribution is 2.51.